The molecular formula is C14H15F3N4O. The number of halogens is 3. The molecule has 1 aromatic heterocycles. The molecule has 1 saturated heterocycles. The number of rotatable bonds is 3. The van der Waals surface area contributed by atoms with Crippen molar-refractivity contribution in [1.82, 2.24) is 15.3 Å². The highest BCUT2D eigenvalue weighted by molar-refractivity contribution is 6.13. The normalized spacial score (nSPS) is 25.1. The molecule has 1 aromatic rings. The first-order chi connectivity index (χ1) is 10.4. The second kappa shape index (κ2) is 5.35. The number of hydrogen-bond acceptors (Lipinski definition) is 4. The highest BCUT2D eigenvalue weighted by Crippen LogP contribution is 2.37. The van der Waals surface area contributed by atoms with E-state index in [1.54, 1.807) is 24.5 Å². The minimum Gasteiger partial charge on any atom is -0.315 e. The largest absolute Gasteiger partial charge is 0.408 e. The van der Waals surface area contributed by atoms with Crippen LogP contribution in [0.1, 0.15) is 12.0 Å². The molecule has 1 amide bonds. The van der Waals surface area contributed by atoms with Gasteiger partial charge in [-0.1, -0.05) is 0 Å². The monoisotopic (exact) mass is 312 g/mol. The first-order valence-corrected chi connectivity index (χ1v) is 6.97. The van der Waals surface area contributed by atoms with Crippen LogP contribution in [0.5, 0.6) is 0 Å². The van der Waals surface area contributed by atoms with Gasteiger partial charge < -0.3 is 5.32 Å². The highest BCUT2D eigenvalue weighted by Gasteiger charge is 2.53. The van der Waals surface area contributed by atoms with E-state index in [4.69, 9.17) is 0 Å². The smallest absolute Gasteiger partial charge is 0.315 e. The summed E-state index contributed by atoms with van der Waals surface area (Å²) in [7, 11) is 0. The van der Waals surface area contributed by atoms with Crippen molar-refractivity contribution in [2.24, 2.45) is 10.5 Å². The van der Waals surface area contributed by atoms with Gasteiger partial charge in [-0.05, 0) is 24.1 Å². The van der Waals surface area contributed by atoms with E-state index in [2.05, 4.69) is 15.4 Å². The fraction of sp³-hybridized carbons (Fsp3) is 0.500. The van der Waals surface area contributed by atoms with Gasteiger partial charge in [-0.3, -0.25) is 9.78 Å². The summed E-state index contributed by atoms with van der Waals surface area (Å²) in [5.74, 6) is -0.580. The number of nitrogens with one attached hydrogen (secondary N) is 1. The van der Waals surface area contributed by atoms with Gasteiger partial charge in [-0.25, -0.2) is 5.01 Å². The number of pyridine rings is 1. The second-order valence-corrected chi connectivity index (χ2v) is 5.57. The Morgan fingerprint density at radius 1 is 1.32 bits per heavy atom. The average molecular weight is 312 g/mol. The lowest BCUT2D eigenvalue weighted by molar-refractivity contribution is -0.163. The van der Waals surface area contributed by atoms with Crippen LogP contribution in [0.25, 0.3) is 0 Å². The summed E-state index contributed by atoms with van der Waals surface area (Å²) >= 11 is 0. The number of hydrazone groups is 1. The van der Waals surface area contributed by atoms with Gasteiger partial charge >= 0.3 is 6.18 Å². The summed E-state index contributed by atoms with van der Waals surface area (Å²) in [6, 6.07) is 3.53. The van der Waals surface area contributed by atoms with Crippen molar-refractivity contribution < 1.29 is 18.0 Å². The Bertz CT molecular complexity index is 602. The lowest BCUT2D eigenvalue weighted by atomic mass is 9.74. The Kier molecular flexibility index (Phi) is 3.64. The minimum absolute atomic E-state index is 0.307. The molecule has 2 aliphatic heterocycles. The topological polar surface area (TPSA) is 57.6 Å². The van der Waals surface area contributed by atoms with E-state index in [0.29, 0.717) is 36.7 Å². The van der Waals surface area contributed by atoms with Gasteiger partial charge in [0.2, 0.25) is 0 Å². The van der Waals surface area contributed by atoms with Gasteiger partial charge in [0.25, 0.3) is 5.91 Å². The summed E-state index contributed by atoms with van der Waals surface area (Å²) in [5, 5.41) is 7.65. The van der Waals surface area contributed by atoms with Crippen LogP contribution in [0.15, 0.2) is 29.6 Å². The van der Waals surface area contributed by atoms with E-state index in [0.717, 1.165) is 5.56 Å². The van der Waals surface area contributed by atoms with E-state index in [1.165, 1.54) is 0 Å². The first kappa shape index (κ1) is 15.0. The zero-order valence-corrected chi connectivity index (χ0v) is 11.7. The Labute approximate surface area is 125 Å². The average Bonchev–Trinajstić information content (AvgIpc) is 2.72. The van der Waals surface area contributed by atoms with Gasteiger partial charge in [0, 0.05) is 31.9 Å². The van der Waals surface area contributed by atoms with Gasteiger partial charge in [-0.2, -0.15) is 18.3 Å². The standard InChI is InChI=1S/C14H15F3N4O/c15-14(16,17)9-21-12(22)13(7-10-1-4-18-5-2-10)8-19-6-3-11(13)20-21/h1-2,4-5,19H,3,6-9H2/t13-/m0/s1. The molecule has 0 aromatic carbocycles. The van der Waals surface area contributed by atoms with E-state index in [-0.39, 0.29) is 0 Å². The molecule has 1 atom stereocenters. The highest BCUT2D eigenvalue weighted by atomic mass is 19.4. The third-order valence-corrected chi connectivity index (χ3v) is 3.99. The van der Waals surface area contributed by atoms with Crippen molar-refractivity contribution in [1.29, 1.82) is 0 Å². The number of aromatic nitrogens is 1. The summed E-state index contributed by atoms with van der Waals surface area (Å²) in [5.41, 5.74) is 0.385. The number of alkyl halides is 3. The number of nitrogens with zero attached hydrogens (tertiary/aromatic N) is 3. The van der Waals surface area contributed by atoms with Crippen LogP contribution >= 0.6 is 0 Å². The van der Waals surface area contributed by atoms with Gasteiger partial charge in [-0.15, -0.1) is 0 Å². The van der Waals surface area contributed by atoms with E-state index >= 15 is 0 Å². The van der Waals surface area contributed by atoms with Crippen molar-refractivity contribution in [3.63, 3.8) is 0 Å². The Morgan fingerprint density at radius 2 is 2.05 bits per heavy atom. The SMILES string of the molecule is O=C1N(CC(F)(F)F)N=C2CCNC[C@]12Cc1ccncc1. The molecule has 3 rings (SSSR count). The maximum atomic E-state index is 12.6. The number of piperidine rings is 1. The van der Waals surface area contributed by atoms with Crippen LogP contribution in [0.4, 0.5) is 13.2 Å². The molecule has 0 saturated carbocycles. The number of fused-ring (bicyclic) bond motifs is 1. The van der Waals surface area contributed by atoms with Crippen molar-refractivity contribution in [3.8, 4) is 0 Å². The first-order valence-electron chi connectivity index (χ1n) is 6.97. The van der Waals surface area contributed by atoms with Crippen molar-refractivity contribution in [2.45, 2.75) is 19.0 Å². The molecule has 8 heteroatoms. The Morgan fingerprint density at radius 3 is 2.73 bits per heavy atom. The minimum atomic E-state index is -4.46. The number of hydrogen-bond donors (Lipinski definition) is 1. The van der Waals surface area contributed by atoms with E-state index < -0.39 is 24.0 Å². The molecule has 22 heavy (non-hydrogen) atoms. The number of carbonyl (C=O) groups is 1. The van der Waals surface area contributed by atoms with Gasteiger partial charge in [0.05, 0.1) is 5.71 Å². The van der Waals surface area contributed by atoms with E-state index in [9.17, 15) is 18.0 Å². The van der Waals surface area contributed by atoms with Crippen LogP contribution in [-0.2, 0) is 11.2 Å². The molecule has 0 radical (unpaired) electrons. The maximum Gasteiger partial charge on any atom is 0.408 e. The maximum absolute atomic E-state index is 12.6. The van der Waals surface area contributed by atoms with Crippen LogP contribution < -0.4 is 5.32 Å². The van der Waals surface area contributed by atoms with Crippen LogP contribution in [0.2, 0.25) is 0 Å². The molecule has 0 unspecified atom stereocenters. The van der Waals surface area contributed by atoms with Gasteiger partial charge in [0.15, 0.2) is 0 Å². The molecule has 3 heterocycles. The fourth-order valence-corrected chi connectivity index (χ4v) is 3.00. The molecule has 1 fully saturated rings. The molecule has 5 nitrogen and oxygen atoms in total. The van der Waals surface area contributed by atoms with Crippen molar-refractivity contribution in [2.75, 3.05) is 19.6 Å². The lowest BCUT2D eigenvalue weighted by Gasteiger charge is -2.33. The van der Waals surface area contributed by atoms with Crippen molar-refractivity contribution >= 4 is 11.6 Å². The zero-order valence-electron chi connectivity index (χ0n) is 11.7. The van der Waals surface area contributed by atoms with Crippen LogP contribution in [0.3, 0.4) is 0 Å². The number of carbonyl (C=O) groups excluding carboxylic acids is 1. The number of amides is 1. The van der Waals surface area contributed by atoms with Crippen LogP contribution in [0, 0.1) is 5.41 Å². The summed E-state index contributed by atoms with van der Waals surface area (Å²) in [6.45, 7) is -0.418. The fourth-order valence-electron chi connectivity index (χ4n) is 3.00. The second-order valence-electron chi connectivity index (χ2n) is 5.57. The molecule has 0 spiro atoms. The third kappa shape index (κ3) is 2.70. The molecule has 2 aliphatic rings. The third-order valence-electron chi connectivity index (χ3n) is 3.99. The van der Waals surface area contributed by atoms with E-state index in [1.807, 2.05) is 0 Å². The molecule has 0 aliphatic carbocycles. The van der Waals surface area contributed by atoms with Crippen LogP contribution in [-0.4, -0.2) is 47.4 Å². The molecule has 118 valence electrons. The predicted molar refractivity (Wildman–Crippen MR) is 73.1 cm³/mol. The lowest BCUT2D eigenvalue weighted by Crippen LogP contribution is -2.53. The zero-order chi connectivity index (χ0) is 15.8. The summed E-state index contributed by atoms with van der Waals surface area (Å²) in [4.78, 5) is 16.5. The molecule has 1 N–H and O–H groups in total. The molecule has 0 bridgehead atoms. The van der Waals surface area contributed by atoms with Gasteiger partial charge in [0.1, 0.15) is 12.0 Å². The quantitative estimate of drug-likeness (QED) is 0.917. The summed E-state index contributed by atoms with van der Waals surface area (Å²) < 4.78 is 37.9. The van der Waals surface area contributed by atoms with Crippen molar-refractivity contribution in [3.05, 3.63) is 30.1 Å². The summed E-state index contributed by atoms with van der Waals surface area (Å²) in [6.07, 6.45) is -0.448. The Balaban J connectivity index is 1.90. The predicted octanol–water partition coefficient (Wildman–Crippen LogP) is 1.36. The molecular weight excluding hydrogens is 297 g/mol. The Hall–Kier alpha value is -1.96.